The van der Waals surface area contributed by atoms with Gasteiger partial charge in [0.2, 0.25) is 5.91 Å². The fourth-order valence-corrected chi connectivity index (χ4v) is 1.95. The first-order valence-electron chi connectivity index (χ1n) is 6.26. The van der Waals surface area contributed by atoms with Gasteiger partial charge in [-0.15, -0.1) is 0 Å². The zero-order chi connectivity index (χ0) is 11.8. The summed E-state index contributed by atoms with van der Waals surface area (Å²) in [5.74, 6) is 0.702. The third kappa shape index (κ3) is 4.94. The SMILES string of the molecule is CCCNCC(=O)N(C)CC1CCCOC1. The van der Waals surface area contributed by atoms with Crippen molar-refractivity contribution in [1.82, 2.24) is 10.2 Å². The Morgan fingerprint density at radius 2 is 2.38 bits per heavy atom. The number of likely N-dealkylation sites (N-methyl/N-ethyl adjacent to an activating group) is 1. The van der Waals surface area contributed by atoms with Crippen LogP contribution in [0.15, 0.2) is 0 Å². The minimum atomic E-state index is 0.180. The van der Waals surface area contributed by atoms with Crippen molar-refractivity contribution in [2.45, 2.75) is 26.2 Å². The lowest BCUT2D eigenvalue weighted by atomic mass is 10.0. The van der Waals surface area contributed by atoms with Crippen LogP contribution in [0.2, 0.25) is 0 Å². The molecule has 16 heavy (non-hydrogen) atoms. The summed E-state index contributed by atoms with van der Waals surface area (Å²) in [7, 11) is 1.88. The Balaban J connectivity index is 2.16. The molecule has 0 spiro atoms. The number of carbonyl (C=O) groups is 1. The molecule has 1 aliphatic rings. The van der Waals surface area contributed by atoms with Crippen molar-refractivity contribution in [3.63, 3.8) is 0 Å². The minimum Gasteiger partial charge on any atom is -0.381 e. The highest BCUT2D eigenvalue weighted by Gasteiger charge is 2.18. The normalized spacial score (nSPS) is 20.8. The second kappa shape index (κ2) is 7.63. The smallest absolute Gasteiger partial charge is 0.236 e. The van der Waals surface area contributed by atoms with Crippen molar-refractivity contribution in [1.29, 1.82) is 0 Å². The molecule has 1 N–H and O–H groups in total. The van der Waals surface area contributed by atoms with Crippen molar-refractivity contribution in [2.75, 3.05) is 39.9 Å². The van der Waals surface area contributed by atoms with Gasteiger partial charge < -0.3 is 15.0 Å². The van der Waals surface area contributed by atoms with Crippen LogP contribution in [0.1, 0.15) is 26.2 Å². The molecule has 0 saturated carbocycles. The summed E-state index contributed by atoms with van der Waals surface area (Å²) >= 11 is 0. The Bertz CT molecular complexity index is 203. The first kappa shape index (κ1) is 13.5. The van der Waals surface area contributed by atoms with Crippen LogP contribution in [0.5, 0.6) is 0 Å². The molecule has 1 unspecified atom stereocenters. The summed E-state index contributed by atoms with van der Waals surface area (Å²) in [4.78, 5) is 13.5. The van der Waals surface area contributed by atoms with E-state index in [2.05, 4.69) is 12.2 Å². The van der Waals surface area contributed by atoms with Gasteiger partial charge in [0, 0.05) is 20.2 Å². The predicted molar refractivity (Wildman–Crippen MR) is 64.3 cm³/mol. The third-order valence-corrected chi connectivity index (χ3v) is 2.92. The largest absolute Gasteiger partial charge is 0.381 e. The quantitative estimate of drug-likeness (QED) is 0.686. The number of amides is 1. The minimum absolute atomic E-state index is 0.180. The van der Waals surface area contributed by atoms with Gasteiger partial charge in [0.15, 0.2) is 0 Å². The first-order valence-corrected chi connectivity index (χ1v) is 6.26. The molecule has 94 valence electrons. The Morgan fingerprint density at radius 3 is 3.00 bits per heavy atom. The molecule has 1 aliphatic heterocycles. The van der Waals surface area contributed by atoms with E-state index in [1.54, 1.807) is 0 Å². The number of rotatable bonds is 6. The van der Waals surface area contributed by atoms with Gasteiger partial charge in [0.25, 0.3) is 0 Å². The summed E-state index contributed by atoms with van der Waals surface area (Å²) in [6, 6.07) is 0. The number of hydrogen-bond acceptors (Lipinski definition) is 3. The summed E-state index contributed by atoms with van der Waals surface area (Å²) in [5, 5.41) is 3.13. The Labute approximate surface area is 98.3 Å². The number of nitrogens with one attached hydrogen (secondary N) is 1. The van der Waals surface area contributed by atoms with Gasteiger partial charge in [-0.25, -0.2) is 0 Å². The Morgan fingerprint density at radius 1 is 1.56 bits per heavy atom. The van der Waals surface area contributed by atoms with Crippen LogP contribution < -0.4 is 5.32 Å². The molecule has 1 saturated heterocycles. The average Bonchev–Trinajstić information content (AvgIpc) is 2.30. The van der Waals surface area contributed by atoms with E-state index < -0.39 is 0 Å². The van der Waals surface area contributed by atoms with Crippen molar-refractivity contribution in [3.8, 4) is 0 Å². The lowest BCUT2D eigenvalue weighted by Gasteiger charge is -2.27. The van der Waals surface area contributed by atoms with Crippen LogP contribution >= 0.6 is 0 Å². The van der Waals surface area contributed by atoms with Gasteiger partial charge in [-0.1, -0.05) is 6.92 Å². The van der Waals surface area contributed by atoms with Gasteiger partial charge in [-0.2, -0.15) is 0 Å². The fourth-order valence-electron chi connectivity index (χ4n) is 1.95. The van der Waals surface area contributed by atoms with Crippen LogP contribution in [0.3, 0.4) is 0 Å². The highest BCUT2D eigenvalue weighted by Crippen LogP contribution is 2.14. The first-order chi connectivity index (χ1) is 7.74. The van der Waals surface area contributed by atoms with Crippen LogP contribution in [-0.4, -0.2) is 50.7 Å². The van der Waals surface area contributed by atoms with Gasteiger partial charge >= 0.3 is 0 Å². The summed E-state index contributed by atoms with van der Waals surface area (Å²) < 4.78 is 5.41. The van der Waals surface area contributed by atoms with Crippen molar-refractivity contribution in [2.24, 2.45) is 5.92 Å². The molecule has 0 aromatic heterocycles. The maximum Gasteiger partial charge on any atom is 0.236 e. The van der Waals surface area contributed by atoms with Gasteiger partial charge in [0.1, 0.15) is 0 Å². The van der Waals surface area contributed by atoms with Crippen molar-refractivity contribution >= 4 is 5.91 Å². The van der Waals surface area contributed by atoms with Crippen LogP contribution in [0.4, 0.5) is 0 Å². The second-order valence-corrected chi connectivity index (χ2v) is 4.53. The molecule has 1 atom stereocenters. The second-order valence-electron chi connectivity index (χ2n) is 4.53. The summed E-state index contributed by atoms with van der Waals surface area (Å²) in [6.07, 6.45) is 3.37. The zero-order valence-electron chi connectivity index (χ0n) is 10.5. The van der Waals surface area contributed by atoms with Gasteiger partial charge in [0.05, 0.1) is 13.2 Å². The molecule has 0 radical (unpaired) electrons. The van der Waals surface area contributed by atoms with Crippen LogP contribution in [0, 0.1) is 5.92 Å². The number of ether oxygens (including phenoxy) is 1. The molecule has 0 bridgehead atoms. The predicted octanol–water partition coefficient (Wildman–Crippen LogP) is 0.871. The maximum atomic E-state index is 11.7. The van der Waals surface area contributed by atoms with Crippen molar-refractivity contribution in [3.05, 3.63) is 0 Å². The lowest BCUT2D eigenvalue weighted by molar-refractivity contribution is -0.130. The summed E-state index contributed by atoms with van der Waals surface area (Å²) in [5.41, 5.74) is 0. The third-order valence-electron chi connectivity index (χ3n) is 2.92. The maximum absolute atomic E-state index is 11.7. The monoisotopic (exact) mass is 228 g/mol. The summed E-state index contributed by atoms with van der Waals surface area (Å²) in [6.45, 7) is 5.98. The molecule has 1 fully saturated rings. The Kier molecular flexibility index (Phi) is 6.42. The highest BCUT2D eigenvalue weighted by molar-refractivity contribution is 5.77. The lowest BCUT2D eigenvalue weighted by Crippen LogP contribution is -2.40. The van der Waals surface area contributed by atoms with Crippen LogP contribution in [0.25, 0.3) is 0 Å². The van der Waals surface area contributed by atoms with Gasteiger partial charge in [-0.05, 0) is 31.7 Å². The zero-order valence-corrected chi connectivity index (χ0v) is 10.5. The molecule has 0 aliphatic carbocycles. The van der Waals surface area contributed by atoms with Crippen LogP contribution in [-0.2, 0) is 9.53 Å². The van der Waals surface area contributed by atoms with Gasteiger partial charge in [-0.3, -0.25) is 4.79 Å². The van der Waals surface area contributed by atoms with E-state index in [0.29, 0.717) is 12.5 Å². The van der Waals surface area contributed by atoms with E-state index in [1.165, 1.54) is 6.42 Å². The Hall–Kier alpha value is -0.610. The number of nitrogens with zero attached hydrogens (tertiary/aromatic N) is 1. The number of hydrogen-bond donors (Lipinski definition) is 1. The van der Waals surface area contributed by atoms with Crippen molar-refractivity contribution < 1.29 is 9.53 Å². The molecule has 0 aromatic carbocycles. The molecule has 0 aromatic rings. The average molecular weight is 228 g/mol. The molecule has 4 heteroatoms. The fraction of sp³-hybridized carbons (Fsp3) is 0.917. The molecule has 1 rings (SSSR count). The van der Waals surface area contributed by atoms with E-state index in [9.17, 15) is 4.79 Å². The van der Waals surface area contributed by atoms with E-state index >= 15 is 0 Å². The van der Waals surface area contributed by atoms with E-state index in [-0.39, 0.29) is 5.91 Å². The van der Waals surface area contributed by atoms with E-state index in [4.69, 9.17) is 4.74 Å². The molecule has 1 amide bonds. The molecule has 4 nitrogen and oxygen atoms in total. The van der Waals surface area contributed by atoms with E-state index in [0.717, 1.165) is 39.1 Å². The molecular weight excluding hydrogens is 204 g/mol. The standard InChI is InChI=1S/C12H24N2O2/c1-3-6-13-8-12(15)14(2)9-11-5-4-7-16-10-11/h11,13H,3-10H2,1-2H3. The highest BCUT2D eigenvalue weighted by atomic mass is 16.5. The molecule has 1 heterocycles. The number of carbonyl (C=O) groups excluding carboxylic acids is 1. The topological polar surface area (TPSA) is 41.6 Å². The van der Waals surface area contributed by atoms with E-state index in [1.807, 2.05) is 11.9 Å². The molecular formula is C12H24N2O2.